The van der Waals surface area contributed by atoms with Crippen LogP contribution in [0.5, 0.6) is 5.75 Å². The first-order chi connectivity index (χ1) is 16.3. The maximum Gasteiger partial charge on any atom is 0.230 e. The Bertz CT molecular complexity index is 1430. The Morgan fingerprint density at radius 2 is 1.91 bits per heavy atom. The average Bonchev–Trinajstić information content (AvgIpc) is 3.26. The molecule has 0 aliphatic rings. The fourth-order valence-corrected chi connectivity index (χ4v) is 5.51. The van der Waals surface area contributed by atoms with Crippen LogP contribution in [0.25, 0.3) is 10.2 Å². The maximum absolute atomic E-state index is 14.2. The van der Waals surface area contributed by atoms with E-state index in [1.54, 1.807) is 24.5 Å². The predicted octanol–water partition coefficient (Wildman–Crippen LogP) is 4.38. The Kier molecular flexibility index (Phi) is 6.85. The Balaban J connectivity index is 1.61. The molecule has 2 aromatic carbocycles. The quantitative estimate of drug-likeness (QED) is 0.355. The van der Waals surface area contributed by atoms with E-state index in [0.29, 0.717) is 11.3 Å². The summed E-state index contributed by atoms with van der Waals surface area (Å²) < 4.78 is 58.6. The molecule has 0 saturated heterocycles. The van der Waals surface area contributed by atoms with E-state index in [0.717, 1.165) is 23.5 Å². The van der Waals surface area contributed by atoms with Crippen LogP contribution < -0.4 is 9.64 Å². The molecule has 0 spiro atoms. The van der Waals surface area contributed by atoms with Gasteiger partial charge in [-0.15, -0.1) is 0 Å². The van der Waals surface area contributed by atoms with E-state index in [2.05, 4.69) is 9.97 Å². The highest BCUT2D eigenvalue weighted by Gasteiger charge is 2.24. The average molecular weight is 504 g/mol. The Labute approximate surface area is 198 Å². The minimum Gasteiger partial charge on any atom is -0.497 e. The van der Waals surface area contributed by atoms with Crippen molar-refractivity contribution in [1.29, 1.82) is 0 Å². The number of fused-ring (bicyclic) bond motifs is 1. The second-order valence-electron chi connectivity index (χ2n) is 7.32. The molecule has 0 unspecified atom stereocenters. The van der Waals surface area contributed by atoms with E-state index in [1.165, 1.54) is 36.3 Å². The van der Waals surface area contributed by atoms with Crippen molar-refractivity contribution in [1.82, 2.24) is 9.97 Å². The standard InChI is InChI=1S/C23H19F2N3O4S2/c1-32-17-4-6-18(7-5-17)34(30,31)10-8-21(29)28(14-15-3-2-9-26-13-15)23-27-22-19(25)11-16(24)12-20(22)33-23/h2-7,9,11-13H,8,10,14H2,1H3. The first kappa shape index (κ1) is 23.7. The summed E-state index contributed by atoms with van der Waals surface area (Å²) in [6.45, 7) is 0.0409. The molecule has 0 N–H and O–H groups in total. The lowest BCUT2D eigenvalue weighted by Crippen LogP contribution is -2.31. The number of ether oxygens (including phenoxy) is 1. The highest BCUT2D eigenvalue weighted by atomic mass is 32.2. The molecule has 1 amide bonds. The summed E-state index contributed by atoms with van der Waals surface area (Å²) in [5.74, 6) is -2.04. The number of aromatic nitrogens is 2. The zero-order valence-electron chi connectivity index (χ0n) is 17.9. The minimum absolute atomic E-state index is 0.0409. The molecule has 0 aliphatic heterocycles. The number of amides is 1. The normalized spacial score (nSPS) is 11.5. The summed E-state index contributed by atoms with van der Waals surface area (Å²) in [7, 11) is -2.27. The number of anilines is 1. The second-order valence-corrected chi connectivity index (χ2v) is 10.4. The summed E-state index contributed by atoms with van der Waals surface area (Å²) >= 11 is 0.945. The van der Waals surface area contributed by atoms with Crippen LogP contribution in [-0.4, -0.2) is 37.2 Å². The van der Waals surface area contributed by atoms with Crippen LogP contribution in [0.3, 0.4) is 0 Å². The number of methoxy groups -OCH3 is 1. The molecule has 11 heteroatoms. The van der Waals surface area contributed by atoms with Crippen molar-refractivity contribution >= 4 is 42.4 Å². The van der Waals surface area contributed by atoms with Gasteiger partial charge in [0.15, 0.2) is 20.8 Å². The molecular formula is C23H19F2N3O4S2. The number of hydrogen-bond donors (Lipinski definition) is 0. The molecule has 7 nitrogen and oxygen atoms in total. The van der Waals surface area contributed by atoms with Gasteiger partial charge in [0.1, 0.15) is 17.1 Å². The second kappa shape index (κ2) is 9.82. The van der Waals surface area contributed by atoms with E-state index in [-0.39, 0.29) is 33.2 Å². The molecule has 0 saturated carbocycles. The fraction of sp³-hybridized carbons (Fsp3) is 0.174. The molecule has 34 heavy (non-hydrogen) atoms. The van der Waals surface area contributed by atoms with Crippen molar-refractivity contribution in [3.8, 4) is 5.75 Å². The van der Waals surface area contributed by atoms with Gasteiger partial charge in [-0.3, -0.25) is 14.7 Å². The highest BCUT2D eigenvalue weighted by molar-refractivity contribution is 7.91. The number of benzene rings is 2. The maximum atomic E-state index is 14.2. The Morgan fingerprint density at radius 3 is 2.59 bits per heavy atom. The van der Waals surface area contributed by atoms with Gasteiger partial charge in [-0.2, -0.15) is 0 Å². The Morgan fingerprint density at radius 1 is 1.15 bits per heavy atom. The number of carbonyl (C=O) groups is 1. The molecule has 2 heterocycles. The summed E-state index contributed by atoms with van der Waals surface area (Å²) in [5, 5.41) is 0.134. The van der Waals surface area contributed by atoms with Crippen LogP contribution in [0, 0.1) is 11.6 Å². The van der Waals surface area contributed by atoms with Crippen molar-refractivity contribution in [3.05, 3.63) is 78.1 Å². The monoisotopic (exact) mass is 503 g/mol. The number of nitrogens with zero attached hydrogens (tertiary/aromatic N) is 3. The van der Waals surface area contributed by atoms with Crippen molar-refractivity contribution in [2.24, 2.45) is 0 Å². The molecule has 176 valence electrons. The van der Waals surface area contributed by atoms with Crippen LogP contribution in [0.15, 0.2) is 65.8 Å². The number of pyridine rings is 1. The predicted molar refractivity (Wildman–Crippen MR) is 125 cm³/mol. The molecule has 0 atom stereocenters. The van der Waals surface area contributed by atoms with Gasteiger partial charge >= 0.3 is 0 Å². The molecule has 0 bridgehead atoms. The van der Waals surface area contributed by atoms with Gasteiger partial charge in [-0.05, 0) is 42.0 Å². The molecular weight excluding hydrogens is 484 g/mol. The molecule has 4 aromatic rings. The lowest BCUT2D eigenvalue weighted by molar-refractivity contribution is -0.118. The van der Waals surface area contributed by atoms with E-state index >= 15 is 0 Å². The van der Waals surface area contributed by atoms with Gasteiger partial charge in [-0.25, -0.2) is 22.2 Å². The van der Waals surface area contributed by atoms with Crippen molar-refractivity contribution in [3.63, 3.8) is 0 Å². The molecule has 0 radical (unpaired) electrons. The fourth-order valence-electron chi connectivity index (χ4n) is 3.26. The first-order valence-corrected chi connectivity index (χ1v) is 12.6. The number of thiazole rings is 1. The molecule has 2 aromatic heterocycles. The topological polar surface area (TPSA) is 89.5 Å². The van der Waals surface area contributed by atoms with Crippen LogP contribution in [0.4, 0.5) is 13.9 Å². The van der Waals surface area contributed by atoms with Crippen LogP contribution >= 0.6 is 11.3 Å². The third-order valence-corrected chi connectivity index (χ3v) is 7.76. The van der Waals surface area contributed by atoms with Gasteiger partial charge < -0.3 is 4.74 Å². The smallest absolute Gasteiger partial charge is 0.230 e. The van der Waals surface area contributed by atoms with Crippen molar-refractivity contribution in [2.45, 2.75) is 17.9 Å². The largest absolute Gasteiger partial charge is 0.497 e. The number of hydrogen-bond acceptors (Lipinski definition) is 7. The van der Waals surface area contributed by atoms with Crippen molar-refractivity contribution < 1.29 is 26.7 Å². The number of sulfone groups is 1. The SMILES string of the molecule is COc1ccc(S(=O)(=O)CCC(=O)N(Cc2cccnc2)c2nc3c(F)cc(F)cc3s2)cc1. The highest BCUT2D eigenvalue weighted by Crippen LogP contribution is 2.32. The van der Waals surface area contributed by atoms with Gasteiger partial charge in [0.05, 0.1) is 29.0 Å². The lowest BCUT2D eigenvalue weighted by atomic mass is 10.2. The molecule has 4 rings (SSSR count). The Hall–Kier alpha value is -3.44. The first-order valence-electron chi connectivity index (χ1n) is 10.1. The number of rotatable bonds is 8. The van der Waals surface area contributed by atoms with E-state index in [9.17, 15) is 22.0 Å². The van der Waals surface area contributed by atoms with Gasteiger partial charge in [0.2, 0.25) is 5.91 Å². The van der Waals surface area contributed by atoms with E-state index in [1.807, 2.05) is 0 Å². The van der Waals surface area contributed by atoms with Crippen LogP contribution in [0.1, 0.15) is 12.0 Å². The third-order valence-electron chi connectivity index (χ3n) is 5.00. The van der Waals surface area contributed by atoms with Crippen molar-refractivity contribution in [2.75, 3.05) is 17.8 Å². The molecule has 0 aliphatic carbocycles. The van der Waals surface area contributed by atoms with Gasteiger partial charge in [0, 0.05) is 24.9 Å². The number of carbonyl (C=O) groups excluding carboxylic acids is 1. The van der Waals surface area contributed by atoms with E-state index in [4.69, 9.17) is 4.74 Å². The summed E-state index contributed by atoms with van der Waals surface area (Å²) in [6, 6.07) is 11.2. The summed E-state index contributed by atoms with van der Waals surface area (Å²) in [5.41, 5.74) is 0.607. The van der Waals surface area contributed by atoms with E-state index < -0.39 is 33.1 Å². The molecule has 0 fully saturated rings. The number of halogens is 2. The third kappa shape index (κ3) is 5.20. The minimum atomic E-state index is -3.75. The van der Waals surface area contributed by atoms with Gasteiger partial charge in [-0.1, -0.05) is 17.4 Å². The van der Waals surface area contributed by atoms with Crippen LogP contribution in [0.2, 0.25) is 0 Å². The van der Waals surface area contributed by atoms with Crippen LogP contribution in [-0.2, 0) is 21.2 Å². The summed E-state index contributed by atoms with van der Waals surface area (Å²) in [6.07, 6.45) is 2.80. The zero-order chi connectivity index (χ0) is 24.3. The summed E-state index contributed by atoms with van der Waals surface area (Å²) in [4.78, 5) is 22.7. The lowest BCUT2D eigenvalue weighted by Gasteiger charge is -2.20. The van der Waals surface area contributed by atoms with Gasteiger partial charge in [0.25, 0.3) is 0 Å². The zero-order valence-corrected chi connectivity index (χ0v) is 19.6.